The van der Waals surface area contributed by atoms with Crippen molar-refractivity contribution in [2.75, 3.05) is 24.0 Å². The van der Waals surface area contributed by atoms with Crippen LogP contribution in [0.2, 0.25) is 0 Å². The Morgan fingerprint density at radius 3 is 0.980 bits per heavy atom. The van der Waals surface area contributed by atoms with Crippen molar-refractivity contribution in [3.05, 3.63) is 170 Å². The highest BCUT2D eigenvalue weighted by Gasteiger charge is 2.25. The number of hydrogen-bond donors (Lipinski definition) is 0. The summed E-state index contributed by atoms with van der Waals surface area (Å²) in [5.74, 6) is 1.68. The molecular formula is C46H34N2O2. The molecule has 8 aromatic carbocycles. The fourth-order valence-corrected chi connectivity index (χ4v) is 7.19. The summed E-state index contributed by atoms with van der Waals surface area (Å²) in [6.45, 7) is 0. The van der Waals surface area contributed by atoms with Crippen LogP contribution in [0.4, 0.5) is 34.1 Å². The van der Waals surface area contributed by atoms with Gasteiger partial charge in [0.15, 0.2) is 0 Å². The highest BCUT2D eigenvalue weighted by molar-refractivity contribution is 6.12. The maximum atomic E-state index is 5.45. The van der Waals surface area contributed by atoms with E-state index in [0.717, 1.165) is 45.6 Å². The number of fused-ring (bicyclic) bond motifs is 6. The van der Waals surface area contributed by atoms with Crippen molar-refractivity contribution in [2.45, 2.75) is 0 Å². The summed E-state index contributed by atoms with van der Waals surface area (Å²) in [6, 6.07) is 60.4. The van der Waals surface area contributed by atoms with Gasteiger partial charge in [-0.25, -0.2) is 0 Å². The molecule has 0 amide bonds. The van der Waals surface area contributed by atoms with Gasteiger partial charge in [0.05, 0.1) is 14.2 Å². The number of ether oxygens (including phenoxy) is 2. The van der Waals surface area contributed by atoms with Gasteiger partial charge in [0.2, 0.25) is 0 Å². The molecule has 8 aromatic rings. The van der Waals surface area contributed by atoms with E-state index < -0.39 is 0 Å². The highest BCUT2D eigenvalue weighted by Crippen LogP contribution is 2.51. The zero-order valence-corrected chi connectivity index (χ0v) is 27.9. The minimum absolute atomic E-state index is 0.839. The number of para-hydroxylation sites is 2. The van der Waals surface area contributed by atoms with Gasteiger partial charge < -0.3 is 19.3 Å². The zero-order valence-electron chi connectivity index (χ0n) is 27.9. The van der Waals surface area contributed by atoms with Gasteiger partial charge in [-0.15, -0.1) is 0 Å². The smallest absolute Gasteiger partial charge is 0.119 e. The summed E-state index contributed by atoms with van der Waals surface area (Å²) >= 11 is 0. The number of nitrogens with zero attached hydrogens (tertiary/aromatic N) is 2. The van der Waals surface area contributed by atoms with Gasteiger partial charge in [-0.3, -0.25) is 0 Å². The topological polar surface area (TPSA) is 24.9 Å². The SMILES string of the molecule is COc1ccc(N(c2ccccc2)c2ccc3cc4c(cc3c2)-c2cc3cc(N(c5ccccc5)c5ccc(OC)cc5)ccc3cc2-4)cc1. The van der Waals surface area contributed by atoms with E-state index >= 15 is 0 Å². The predicted octanol–water partition coefficient (Wildman–Crippen LogP) is 12.6. The van der Waals surface area contributed by atoms with Crippen molar-refractivity contribution >= 4 is 55.7 Å². The average Bonchev–Trinajstić information content (AvgIpc) is 3.18. The molecule has 50 heavy (non-hydrogen) atoms. The van der Waals surface area contributed by atoms with Gasteiger partial charge in [-0.1, -0.05) is 48.5 Å². The maximum Gasteiger partial charge on any atom is 0.119 e. The Bertz CT molecular complexity index is 2320. The lowest BCUT2D eigenvalue weighted by atomic mass is 9.78. The first-order valence-electron chi connectivity index (χ1n) is 16.8. The molecule has 0 unspecified atom stereocenters. The Morgan fingerprint density at radius 2 is 0.620 bits per heavy atom. The number of methoxy groups -OCH3 is 2. The molecule has 0 atom stereocenters. The van der Waals surface area contributed by atoms with E-state index in [2.05, 4.69) is 155 Å². The molecule has 0 aromatic heterocycles. The first-order valence-corrected chi connectivity index (χ1v) is 16.8. The quantitative estimate of drug-likeness (QED) is 0.164. The lowest BCUT2D eigenvalue weighted by molar-refractivity contribution is 0.414. The van der Waals surface area contributed by atoms with Crippen molar-refractivity contribution in [2.24, 2.45) is 0 Å². The lowest BCUT2D eigenvalue weighted by Gasteiger charge is -2.28. The first kappa shape index (κ1) is 29.6. The largest absolute Gasteiger partial charge is 0.497 e. The van der Waals surface area contributed by atoms with E-state index in [1.54, 1.807) is 14.2 Å². The van der Waals surface area contributed by atoms with Crippen LogP contribution in [-0.2, 0) is 0 Å². The second-order valence-corrected chi connectivity index (χ2v) is 12.6. The van der Waals surface area contributed by atoms with Crippen molar-refractivity contribution < 1.29 is 9.47 Å². The van der Waals surface area contributed by atoms with Crippen molar-refractivity contribution in [1.29, 1.82) is 0 Å². The fraction of sp³-hybridized carbons (Fsp3) is 0.0435. The van der Waals surface area contributed by atoms with Gasteiger partial charge in [0.25, 0.3) is 0 Å². The third kappa shape index (κ3) is 5.10. The van der Waals surface area contributed by atoms with Crippen molar-refractivity contribution in [3.8, 4) is 33.8 Å². The summed E-state index contributed by atoms with van der Waals surface area (Å²) in [5, 5.41) is 4.89. The second-order valence-electron chi connectivity index (χ2n) is 12.6. The van der Waals surface area contributed by atoms with Gasteiger partial charge >= 0.3 is 0 Å². The Kier molecular flexibility index (Phi) is 7.21. The van der Waals surface area contributed by atoms with Crippen LogP contribution in [-0.4, -0.2) is 14.2 Å². The fourth-order valence-electron chi connectivity index (χ4n) is 7.19. The number of rotatable bonds is 8. The number of benzene rings is 8. The van der Waals surface area contributed by atoms with Crippen LogP contribution in [0, 0.1) is 0 Å². The normalized spacial score (nSPS) is 11.4. The second kappa shape index (κ2) is 12.2. The zero-order chi connectivity index (χ0) is 33.6. The first-order chi connectivity index (χ1) is 24.7. The number of hydrogen-bond acceptors (Lipinski definition) is 4. The molecule has 1 aliphatic carbocycles. The summed E-state index contributed by atoms with van der Waals surface area (Å²) in [5.41, 5.74) is 11.8. The van der Waals surface area contributed by atoms with Gasteiger partial charge in [0, 0.05) is 34.1 Å². The third-order valence-corrected chi connectivity index (χ3v) is 9.71. The summed E-state index contributed by atoms with van der Waals surface area (Å²) in [7, 11) is 3.40. The van der Waals surface area contributed by atoms with Crippen molar-refractivity contribution in [1.82, 2.24) is 0 Å². The molecule has 0 bridgehead atoms. The molecule has 0 heterocycles. The molecule has 0 radical (unpaired) electrons. The third-order valence-electron chi connectivity index (χ3n) is 9.71. The molecule has 0 N–H and O–H groups in total. The Hall–Kier alpha value is -6.52. The van der Waals surface area contributed by atoms with Crippen LogP contribution < -0.4 is 19.3 Å². The Labute approximate surface area is 292 Å². The van der Waals surface area contributed by atoms with E-state index in [0.29, 0.717) is 0 Å². The van der Waals surface area contributed by atoms with Crippen LogP contribution in [0.3, 0.4) is 0 Å². The lowest BCUT2D eigenvalue weighted by Crippen LogP contribution is -2.10. The summed E-state index contributed by atoms with van der Waals surface area (Å²) in [6.07, 6.45) is 0. The molecule has 0 aliphatic heterocycles. The Balaban J connectivity index is 1.11. The maximum absolute atomic E-state index is 5.45. The molecule has 240 valence electrons. The molecular weight excluding hydrogens is 613 g/mol. The van der Waals surface area contributed by atoms with Crippen LogP contribution in [0.25, 0.3) is 43.8 Å². The van der Waals surface area contributed by atoms with Crippen LogP contribution in [0.5, 0.6) is 11.5 Å². The number of anilines is 6. The molecule has 4 heteroatoms. The Morgan fingerprint density at radius 1 is 0.300 bits per heavy atom. The van der Waals surface area contributed by atoms with E-state index in [-0.39, 0.29) is 0 Å². The van der Waals surface area contributed by atoms with E-state index in [1.165, 1.54) is 43.8 Å². The van der Waals surface area contributed by atoms with Crippen LogP contribution in [0.15, 0.2) is 170 Å². The molecule has 9 rings (SSSR count). The van der Waals surface area contributed by atoms with Gasteiger partial charge in [0.1, 0.15) is 11.5 Å². The molecule has 0 saturated carbocycles. The van der Waals surface area contributed by atoms with E-state index in [1.807, 2.05) is 24.3 Å². The van der Waals surface area contributed by atoms with Crippen LogP contribution >= 0.6 is 0 Å². The average molecular weight is 647 g/mol. The van der Waals surface area contributed by atoms with E-state index in [9.17, 15) is 0 Å². The predicted molar refractivity (Wildman–Crippen MR) is 208 cm³/mol. The van der Waals surface area contributed by atoms with Gasteiger partial charge in [-0.05, 0) is 165 Å². The highest BCUT2D eigenvalue weighted by atomic mass is 16.5. The summed E-state index contributed by atoms with van der Waals surface area (Å²) < 4.78 is 10.9. The molecule has 0 fully saturated rings. The molecule has 1 aliphatic rings. The minimum atomic E-state index is 0.839. The van der Waals surface area contributed by atoms with Crippen molar-refractivity contribution in [3.63, 3.8) is 0 Å². The van der Waals surface area contributed by atoms with Crippen LogP contribution in [0.1, 0.15) is 0 Å². The molecule has 0 saturated heterocycles. The van der Waals surface area contributed by atoms with Gasteiger partial charge in [-0.2, -0.15) is 0 Å². The van der Waals surface area contributed by atoms with E-state index in [4.69, 9.17) is 9.47 Å². The summed E-state index contributed by atoms with van der Waals surface area (Å²) in [4.78, 5) is 4.59. The minimum Gasteiger partial charge on any atom is -0.497 e. The molecule has 0 spiro atoms. The monoisotopic (exact) mass is 646 g/mol. The molecule has 4 nitrogen and oxygen atoms in total. The standard InChI is InChI=1S/C46H34N2O2/c1-49-41-21-17-37(18-22-41)47(35-9-5-3-6-10-35)39-15-13-31-27-43-44-28-32-14-16-40(26-34(32)30-46(44)45(43)29-33(31)25-39)48(36-11-7-4-8-12-36)38-19-23-42(50-2)24-20-38/h3-30H,1-2H3.